The molecule has 0 unspecified atom stereocenters. The largest absolute Gasteiger partial charge is 0.456 e. The Balaban J connectivity index is 0.000000103. The standard InChI is InChI=1S/C24H15N2O2.C24H13N2O2.C23H12NO2S.3CH4O/c1-25-13-5-12-20(25)26-14-6-2-8-16-21(14)24-22-15(26)7-3-9-17(22)28-19-11-4-10-18(27-16)23(19)24;1-2-13-25-20(12-1)26-14-6-3-8-16-21(14)24-22-15(26)7-4-9-17(22)28-19-11-5-10-18(27-16)23(19)24;1-5-13-20-15(7-1)25-17-9-3-10-18-22(17)23(20)21-14(6-2-8-16(21)26-18)24(13)19-11-4-12-27-19;3*1-2/h2-13H,1H3;1-13H;1-12H;3*2H,1H3/q3*+1;;;. The first kappa shape index (κ1) is 53.3. The first-order valence-electron chi connectivity index (χ1n) is 28.8. The molecule has 0 saturated carbocycles. The highest BCUT2D eigenvalue weighted by molar-refractivity contribution is 7.12. The molecule has 21 rings (SSSR count). The van der Waals surface area contributed by atoms with E-state index < -0.39 is 0 Å². The van der Waals surface area contributed by atoms with Gasteiger partial charge in [-0.05, 0) is 126 Å². The predicted octanol–water partition coefficient (Wildman–Crippen LogP) is 16.5. The lowest BCUT2D eigenvalue weighted by Gasteiger charge is -2.20. The minimum absolute atomic E-state index is 0.837. The van der Waals surface area contributed by atoms with Crippen LogP contribution in [0.4, 0.5) is 0 Å². The molecule has 9 aromatic carbocycles. The summed E-state index contributed by atoms with van der Waals surface area (Å²) in [4.78, 5) is 4.62. The molecule has 6 aromatic heterocycles. The van der Waals surface area contributed by atoms with E-state index in [9.17, 15) is 0 Å². The number of nitrogens with zero attached hydrogens (tertiary/aromatic N) is 5. The van der Waals surface area contributed by atoms with Crippen LogP contribution in [0.1, 0.15) is 0 Å². The van der Waals surface area contributed by atoms with Gasteiger partial charge in [0.2, 0.25) is 11.0 Å². The maximum Gasteiger partial charge on any atom is 0.328 e. The summed E-state index contributed by atoms with van der Waals surface area (Å²) < 4.78 is 46.7. The molecule has 6 aliphatic heterocycles. The van der Waals surface area contributed by atoms with Crippen LogP contribution in [0.3, 0.4) is 0 Å². The number of thiophene rings is 1. The fraction of sp³-hybridized carbons (Fsp3) is 0.0541. The summed E-state index contributed by atoms with van der Waals surface area (Å²) in [6, 6.07) is 70.0. The minimum atomic E-state index is 0.837. The van der Waals surface area contributed by atoms with E-state index >= 15 is 0 Å². The number of pyridine rings is 4. The normalized spacial score (nSPS) is 11.8. The van der Waals surface area contributed by atoms with Crippen molar-refractivity contribution in [1.82, 2.24) is 9.55 Å². The van der Waals surface area contributed by atoms with Gasteiger partial charge in [0.05, 0.1) is 62.3 Å². The molecule has 14 nitrogen and oxygen atoms in total. The smallest absolute Gasteiger partial charge is 0.328 e. The quantitative estimate of drug-likeness (QED) is 0.0879. The molecule has 0 atom stereocenters. The lowest BCUT2D eigenvalue weighted by atomic mass is 9.92. The first-order chi connectivity index (χ1) is 44.1. The van der Waals surface area contributed by atoms with Gasteiger partial charge in [-0.25, -0.2) is 4.57 Å². The van der Waals surface area contributed by atoms with Gasteiger partial charge in [0, 0.05) is 68.4 Å². The molecule has 0 spiro atoms. The van der Waals surface area contributed by atoms with Gasteiger partial charge >= 0.3 is 5.82 Å². The molecular formula is C74H52N5O9S+3. The van der Waals surface area contributed by atoms with Crippen molar-refractivity contribution in [3.63, 3.8) is 0 Å². The minimum Gasteiger partial charge on any atom is -0.456 e. The van der Waals surface area contributed by atoms with Crippen LogP contribution in [0.5, 0.6) is 0 Å². The lowest BCUT2D eigenvalue weighted by Crippen LogP contribution is -2.35. The summed E-state index contributed by atoms with van der Waals surface area (Å²) in [5.74, 6) is 1.97. The number of aromatic nitrogens is 5. The maximum absolute atomic E-state index is 7.00. The maximum atomic E-state index is 7.00. The third kappa shape index (κ3) is 7.73. The molecule has 0 bridgehead atoms. The second-order valence-corrected chi connectivity index (χ2v) is 22.1. The van der Waals surface area contributed by atoms with Crippen LogP contribution in [0.15, 0.2) is 251 Å². The average Bonchev–Trinajstić information content (AvgIpc) is 1.20. The monoisotopic (exact) mass is 1190 g/mol. The molecule has 0 radical (unpaired) electrons. The highest BCUT2D eigenvalue weighted by atomic mass is 32.1. The second-order valence-electron chi connectivity index (χ2n) is 21.1. The third-order valence-electron chi connectivity index (χ3n) is 16.8. The Hall–Kier alpha value is -11.2. The number of aliphatic hydroxyl groups is 3. The van der Waals surface area contributed by atoms with E-state index in [1.54, 1.807) is 11.3 Å². The van der Waals surface area contributed by atoms with Crippen LogP contribution in [0.25, 0.3) is 182 Å². The Kier molecular flexibility index (Phi) is 12.6. The number of benzene rings is 9. The molecule has 0 aliphatic carbocycles. The summed E-state index contributed by atoms with van der Waals surface area (Å²) >= 11 is 1.73. The van der Waals surface area contributed by atoms with Crippen molar-refractivity contribution in [1.29, 1.82) is 0 Å². The zero-order chi connectivity index (χ0) is 60.2. The zero-order valence-corrected chi connectivity index (χ0v) is 49.1. The Morgan fingerprint density at radius 2 is 0.640 bits per heavy atom. The number of hydrogen-bond donors (Lipinski definition) is 3. The van der Waals surface area contributed by atoms with Crippen molar-refractivity contribution in [2.75, 3.05) is 21.3 Å². The van der Waals surface area contributed by atoms with Gasteiger partial charge in [-0.1, -0.05) is 72.0 Å². The number of aliphatic hydroxyl groups excluding tert-OH is 3. The molecule has 430 valence electrons. The van der Waals surface area contributed by atoms with Crippen molar-refractivity contribution in [2.24, 2.45) is 7.05 Å². The fourth-order valence-corrected chi connectivity index (χ4v) is 14.3. The molecule has 12 heterocycles. The highest BCUT2D eigenvalue weighted by Crippen LogP contribution is 2.51. The molecule has 0 amide bonds. The fourth-order valence-electron chi connectivity index (χ4n) is 13.6. The molecule has 0 fully saturated rings. The van der Waals surface area contributed by atoms with Gasteiger partial charge in [0.25, 0.3) is 10.8 Å². The van der Waals surface area contributed by atoms with Crippen LogP contribution in [0, 0.1) is 0 Å². The Bertz CT molecular complexity index is 5700. The SMILES string of the molecule is CO.CO.CO.Cn1cccc1-[n+]1c2cccc3oc4cccc5oc6cccc1c6c(c32)-c45.c1ccc(-[n+]2c3cccc4oc5cccc6oc7cccc2c7c(c43)-c56)nc1.c1csc(-[n+]2c3cccc4oc5cccc6oc7cccc2c7c(c43)-c56)c1. The number of aryl methyl sites for hydroxylation is 1. The Morgan fingerprint density at radius 1 is 0.315 bits per heavy atom. The summed E-state index contributed by atoms with van der Waals surface area (Å²) in [5.41, 5.74) is 23.8. The van der Waals surface area contributed by atoms with E-state index in [0.717, 1.165) is 182 Å². The van der Waals surface area contributed by atoms with E-state index in [1.807, 2.05) is 115 Å². The van der Waals surface area contributed by atoms with E-state index in [4.69, 9.17) is 41.8 Å². The Morgan fingerprint density at radius 3 is 0.944 bits per heavy atom. The Labute approximate surface area is 508 Å². The second kappa shape index (κ2) is 21.0. The molecule has 6 aliphatic rings. The number of rotatable bonds is 3. The van der Waals surface area contributed by atoms with Gasteiger partial charge in [-0.15, -0.1) is 4.57 Å². The predicted molar refractivity (Wildman–Crippen MR) is 350 cm³/mol. The topological polar surface area (TPSA) is 169 Å². The molecular weight excluding hydrogens is 1130 g/mol. The highest BCUT2D eigenvalue weighted by Gasteiger charge is 2.34. The van der Waals surface area contributed by atoms with Crippen LogP contribution < -0.4 is 13.7 Å². The molecule has 89 heavy (non-hydrogen) atoms. The molecule has 15 aromatic rings. The van der Waals surface area contributed by atoms with E-state index in [2.05, 4.69) is 139 Å². The van der Waals surface area contributed by atoms with E-state index in [-0.39, 0.29) is 0 Å². The summed E-state index contributed by atoms with van der Waals surface area (Å²) in [6.07, 6.45) is 3.89. The van der Waals surface area contributed by atoms with Crippen LogP contribution >= 0.6 is 11.3 Å². The average molecular weight is 1190 g/mol. The molecule has 0 saturated heterocycles. The van der Waals surface area contributed by atoms with Gasteiger partial charge in [-0.2, -0.15) is 9.13 Å². The zero-order valence-electron chi connectivity index (χ0n) is 48.3. The van der Waals surface area contributed by atoms with Crippen molar-refractivity contribution >= 4 is 144 Å². The third-order valence-corrected chi connectivity index (χ3v) is 17.6. The molecule has 15 heteroatoms. The van der Waals surface area contributed by atoms with Crippen LogP contribution in [0.2, 0.25) is 0 Å². The van der Waals surface area contributed by atoms with Gasteiger partial charge in [0.15, 0.2) is 0 Å². The summed E-state index contributed by atoms with van der Waals surface area (Å²) in [7, 11) is 5.07. The van der Waals surface area contributed by atoms with Crippen LogP contribution in [-0.2, 0) is 7.05 Å². The van der Waals surface area contributed by atoms with Crippen molar-refractivity contribution in [3.05, 3.63) is 224 Å². The lowest BCUT2D eigenvalue weighted by molar-refractivity contribution is -0.544. The van der Waals surface area contributed by atoms with Crippen molar-refractivity contribution in [3.8, 4) is 50.0 Å². The van der Waals surface area contributed by atoms with Crippen LogP contribution in [-0.4, -0.2) is 46.2 Å². The first-order valence-corrected chi connectivity index (χ1v) is 29.7. The summed E-state index contributed by atoms with van der Waals surface area (Å²) in [6.45, 7) is 0. The van der Waals surface area contributed by atoms with Gasteiger partial charge in [-0.3, -0.25) is 0 Å². The van der Waals surface area contributed by atoms with Gasteiger partial charge in [0.1, 0.15) is 95.3 Å². The number of hydrogen-bond acceptors (Lipinski definition) is 11. The van der Waals surface area contributed by atoms with E-state index in [0.29, 0.717) is 0 Å². The van der Waals surface area contributed by atoms with Crippen molar-refractivity contribution < 1.29 is 55.5 Å². The van der Waals surface area contributed by atoms with Crippen molar-refractivity contribution in [2.45, 2.75) is 0 Å². The van der Waals surface area contributed by atoms with Gasteiger partial charge < -0.3 is 41.8 Å². The summed E-state index contributed by atoms with van der Waals surface area (Å²) in [5, 5.41) is 31.0. The molecule has 3 N–H and O–H groups in total. The van der Waals surface area contributed by atoms with E-state index in [1.165, 1.54) is 21.7 Å².